The van der Waals surface area contributed by atoms with Crippen LogP contribution in [-0.2, 0) is 16.3 Å². The van der Waals surface area contributed by atoms with Crippen LogP contribution in [0.1, 0.15) is 26.3 Å². The molecule has 5 heteroatoms. The summed E-state index contributed by atoms with van der Waals surface area (Å²) in [5.41, 5.74) is 1.31. The molecule has 0 aliphatic rings. The van der Waals surface area contributed by atoms with Gasteiger partial charge in [0.05, 0.1) is 11.0 Å². The molecule has 1 heterocycles. The van der Waals surface area contributed by atoms with Gasteiger partial charge in [0.2, 0.25) is 0 Å². The van der Waals surface area contributed by atoms with Crippen molar-refractivity contribution in [3.8, 4) is 0 Å². The summed E-state index contributed by atoms with van der Waals surface area (Å²) < 4.78 is 23.2. The Morgan fingerprint density at radius 1 is 1.35 bits per heavy atom. The maximum absolute atomic E-state index is 11.6. The van der Waals surface area contributed by atoms with E-state index in [4.69, 9.17) is 0 Å². The molecule has 1 aromatic rings. The summed E-state index contributed by atoms with van der Waals surface area (Å²) in [6, 6.07) is 2.42. The molecule has 0 fully saturated rings. The Hall–Kier alpha value is -0.390. The monoisotopic (exact) mass is 275 g/mol. The van der Waals surface area contributed by atoms with Crippen LogP contribution in [0.5, 0.6) is 0 Å². The third-order valence-corrected chi connectivity index (χ3v) is 5.66. The molecule has 0 aliphatic carbocycles. The van der Waals surface area contributed by atoms with Crippen LogP contribution >= 0.6 is 11.3 Å². The Balaban J connectivity index is 2.27. The summed E-state index contributed by atoms with van der Waals surface area (Å²) in [6.07, 6.45) is 0.950. The first-order valence-electron chi connectivity index (χ1n) is 5.88. The summed E-state index contributed by atoms with van der Waals surface area (Å²) in [7, 11) is -2.92. The van der Waals surface area contributed by atoms with Gasteiger partial charge in [-0.1, -0.05) is 0 Å². The second-order valence-corrected chi connectivity index (χ2v) is 8.06. The molecule has 0 bridgehead atoms. The number of sulfone groups is 1. The maximum atomic E-state index is 11.6. The second-order valence-electron chi connectivity index (χ2n) is 4.61. The third-order valence-electron chi connectivity index (χ3n) is 2.72. The molecule has 0 aromatic carbocycles. The molecule has 0 aliphatic heterocycles. The molecule has 98 valence electrons. The van der Waals surface area contributed by atoms with Crippen LogP contribution in [0, 0.1) is 0 Å². The largest absolute Gasteiger partial charge is 0.313 e. The fraction of sp³-hybridized carbons (Fsp3) is 0.667. The van der Waals surface area contributed by atoms with E-state index in [0.717, 1.165) is 6.42 Å². The number of thiophene rings is 1. The van der Waals surface area contributed by atoms with Gasteiger partial charge in [0.25, 0.3) is 0 Å². The van der Waals surface area contributed by atoms with Gasteiger partial charge in [-0.25, -0.2) is 8.42 Å². The predicted molar refractivity (Wildman–Crippen MR) is 74.4 cm³/mol. The Kier molecular flexibility index (Phi) is 5.62. The van der Waals surface area contributed by atoms with E-state index in [1.165, 1.54) is 5.56 Å². The van der Waals surface area contributed by atoms with Gasteiger partial charge in [0.1, 0.15) is 0 Å². The van der Waals surface area contributed by atoms with E-state index in [1.807, 2.05) is 0 Å². The molecule has 0 radical (unpaired) electrons. The average molecular weight is 275 g/mol. The lowest BCUT2D eigenvalue weighted by molar-refractivity contribution is 0.551. The molecule has 1 rings (SSSR count). The molecule has 1 aromatic heterocycles. The SMILES string of the molecule is CC(Cc1ccsc1)NCCS(=O)(=O)C(C)C. The highest BCUT2D eigenvalue weighted by atomic mass is 32.2. The highest BCUT2D eigenvalue weighted by Crippen LogP contribution is 2.08. The maximum Gasteiger partial charge on any atom is 0.153 e. The average Bonchev–Trinajstić information content (AvgIpc) is 2.69. The van der Waals surface area contributed by atoms with Crippen molar-refractivity contribution in [3.63, 3.8) is 0 Å². The van der Waals surface area contributed by atoms with Crippen LogP contribution in [0.3, 0.4) is 0 Å². The number of hydrogen-bond donors (Lipinski definition) is 1. The summed E-state index contributed by atoms with van der Waals surface area (Å²) in [4.78, 5) is 0. The number of nitrogens with one attached hydrogen (secondary N) is 1. The third kappa shape index (κ3) is 5.19. The van der Waals surface area contributed by atoms with E-state index in [1.54, 1.807) is 25.2 Å². The van der Waals surface area contributed by atoms with Crippen molar-refractivity contribution in [3.05, 3.63) is 22.4 Å². The van der Waals surface area contributed by atoms with E-state index in [0.29, 0.717) is 12.6 Å². The molecule has 1 atom stereocenters. The standard InChI is InChI=1S/C12H21NO2S2/c1-10(2)17(14,15)7-5-13-11(3)8-12-4-6-16-9-12/h4,6,9-11,13H,5,7-8H2,1-3H3. The van der Waals surface area contributed by atoms with Crippen molar-refractivity contribution < 1.29 is 8.42 Å². The van der Waals surface area contributed by atoms with Crippen molar-refractivity contribution >= 4 is 21.2 Å². The molecule has 1 unspecified atom stereocenters. The smallest absolute Gasteiger partial charge is 0.153 e. The van der Waals surface area contributed by atoms with Gasteiger partial charge in [-0.3, -0.25) is 0 Å². The minimum absolute atomic E-state index is 0.221. The number of rotatable bonds is 7. The van der Waals surface area contributed by atoms with Gasteiger partial charge in [0.15, 0.2) is 9.84 Å². The Morgan fingerprint density at radius 3 is 2.59 bits per heavy atom. The molecule has 1 N–H and O–H groups in total. The van der Waals surface area contributed by atoms with Crippen molar-refractivity contribution in [2.75, 3.05) is 12.3 Å². The summed E-state index contributed by atoms with van der Waals surface area (Å²) in [5.74, 6) is 0.221. The zero-order valence-electron chi connectivity index (χ0n) is 10.6. The van der Waals surface area contributed by atoms with Gasteiger partial charge in [0, 0.05) is 12.6 Å². The number of hydrogen-bond acceptors (Lipinski definition) is 4. The van der Waals surface area contributed by atoms with E-state index < -0.39 is 9.84 Å². The normalized spacial score (nSPS) is 14.1. The van der Waals surface area contributed by atoms with Crippen LogP contribution in [0.4, 0.5) is 0 Å². The molecule has 3 nitrogen and oxygen atoms in total. The molecular formula is C12H21NO2S2. The van der Waals surface area contributed by atoms with E-state index in [-0.39, 0.29) is 11.0 Å². The Labute approximate surface area is 108 Å². The van der Waals surface area contributed by atoms with Crippen LogP contribution < -0.4 is 5.32 Å². The summed E-state index contributed by atoms with van der Waals surface area (Å²) >= 11 is 1.69. The van der Waals surface area contributed by atoms with E-state index in [9.17, 15) is 8.42 Å². The van der Waals surface area contributed by atoms with Crippen LogP contribution in [-0.4, -0.2) is 32.0 Å². The molecule has 0 amide bonds. The topological polar surface area (TPSA) is 46.2 Å². The predicted octanol–water partition coefficient (Wildman–Crippen LogP) is 2.09. The molecule has 0 spiro atoms. The van der Waals surface area contributed by atoms with Gasteiger partial charge in [-0.05, 0) is 49.6 Å². The fourth-order valence-corrected chi connectivity index (χ4v) is 3.07. The van der Waals surface area contributed by atoms with Gasteiger partial charge >= 0.3 is 0 Å². The zero-order chi connectivity index (χ0) is 12.9. The zero-order valence-corrected chi connectivity index (χ0v) is 12.3. The molecule has 0 saturated heterocycles. The van der Waals surface area contributed by atoms with E-state index in [2.05, 4.69) is 29.1 Å². The second kappa shape index (κ2) is 6.52. The highest BCUT2D eigenvalue weighted by Gasteiger charge is 2.15. The molecule has 0 saturated carbocycles. The first-order valence-corrected chi connectivity index (χ1v) is 8.53. The van der Waals surface area contributed by atoms with Gasteiger partial charge < -0.3 is 5.32 Å². The first kappa shape index (κ1) is 14.7. The van der Waals surface area contributed by atoms with Crippen LogP contribution in [0.15, 0.2) is 16.8 Å². The van der Waals surface area contributed by atoms with Crippen molar-refractivity contribution in [2.24, 2.45) is 0 Å². The van der Waals surface area contributed by atoms with Crippen LogP contribution in [0.25, 0.3) is 0 Å². The lowest BCUT2D eigenvalue weighted by Gasteiger charge is -2.14. The molecule has 17 heavy (non-hydrogen) atoms. The highest BCUT2D eigenvalue weighted by molar-refractivity contribution is 7.92. The van der Waals surface area contributed by atoms with E-state index >= 15 is 0 Å². The summed E-state index contributed by atoms with van der Waals surface area (Å²) in [6.45, 7) is 6.07. The lowest BCUT2D eigenvalue weighted by atomic mass is 10.1. The Morgan fingerprint density at radius 2 is 2.06 bits per heavy atom. The van der Waals surface area contributed by atoms with Gasteiger partial charge in [-0.15, -0.1) is 0 Å². The van der Waals surface area contributed by atoms with Gasteiger partial charge in [-0.2, -0.15) is 11.3 Å². The first-order chi connectivity index (χ1) is 7.92. The fourth-order valence-electron chi connectivity index (χ4n) is 1.52. The minimum atomic E-state index is -2.92. The van der Waals surface area contributed by atoms with Crippen molar-refractivity contribution in [2.45, 2.75) is 38.5 Å². The van der Waals surface area contributed by atoms with Crippen LogP contribution in [0.2, 0.25) is 0 Å². The van der Waals surface area contributed by atoms with Crippen molar-refractivity contribution in [1.29, 1.82) is 0 Å². The molecular weight excluding hydrogens is 254 g/mol. The van der Waals surface area contributed by atoms with Crippen molar-refractivity contribution in [1.82, 2.24) is 5.32 Å². The Bertz CT molecular complexity index is 410. The quantitative estimate of drug-likeness (QED) is 0.829. The minimum Gasteiger partial charge on any atom is -0.313 e. The summed E-state index contributed by atoms with van der Waals surface area (Å²) in [5, 5.41) is 7.17. The lowest BCUT2D eigenvalue weighted by Crippen LogP contribution is -2.34.